The predicted octanol–water partition coefficient (Wildman–Crippen LogP) is 2.26. The topological polar surface area (TPSA) is 33.6 Å². The van der Waals surface area contributed by atoms with E-state index < -0.39 is 0 Å². The van der Waals surface area contributed by atoms with Crippen molar-refractivity contribution < 1.29 is 4.74 Å². The van der Waals surface area contributed by atoms with Gasteiger partial charge in [0.15, 0.2) is 0 Å². The lowest BCUT2D eigenvalue weighted by Crippen LogP contribution is -2.25. The summed E-state index contributed by atoms with van der Waals surface area (Å²) in [5.41, 5.74) is 1.01. The Kier molecular flexibility index (Phi) is 2.68. The molecule has 1 aromatic rings. The zero-order valence-electron chi connectivity index (χ0n) is 8.23. The van der Waals surface area contributed by atoms with Crippen LogP contribution in [0.1, 0.15) is 13.3 Å². The van der Waals surface area contributed by atoms with Crippen molar-refractivity contribution in [2.24, 2.45) is 4.99 Å². The highest BCUT2D eigenvalue weighted by molar-refractivity contribution is 5.89. The normalized spacial score (nSPS) is 20.9. The van der Waals surface area contributed by atoms with Crippen molar-refractivity contribution in [3.05, 3.63) is 30.3 Å². The van der Waals surface area contributed by atoms with E-state index in [2.05, 4.69) is 17.2 Å². The molecule has 0 spiro atoms. The van der Waals surface area contributed by atoms with Gasteiger partial charge in [-0.25, -0.2) is 4.99 Å². The van der Waals surface area contributed by atoms with Crippen LogP contribution < -0.4 is 5.32 Å². The molecule has 3 nitrogen and oxygen atoms in total. The zero-order valence-corrected chi connectivity index (χ0v) is 8.23. The SMILES string of the molecule is C[C@@H]1CCOC(Nc2ccccc2)=N1. The molecule has 1 N–H and O–H groups in total. The molecule has 0 saturated carbocycles. The molecule has 0 saturated heterocycles. The number of anilines is 1. The first-order valence-corrected chi connectivity index (χ1v) is 4.87. The molecule has 74 valence electrons. The van der Waals surface area contributed by atoms with Crippen LogP contribution in [-0.2, 0) is 4.74 Å². The lowest BCUT2D eigenvalue weighted by atomic mass is 10.2. The Balaban J connectivity index is 2.04. The molecule has 0 radical (unpaired) electrons. The number of benzene rings is 1. The van der Waals surface area contributed by atoms with Crippen molar-refractivity contribution in [3.63, 3.8) is 0 Å². The summed E-state index contributed by atoms with van der Waals surface area (Å²) in [7, 11) is 0. The second-order valence-corrected chi connectivity index (χ2v) is 3.41. The van der Waals surface area contributed by atoms with E-state index in [1.165, 1.54) is 0 Å². The minimum Gasteiger partial charge on any atom is -0.465 e. The van der Waals surface area contributed by atoms with Crippen LogP contribution >= 0.6 is 0 Å². The van der Waals surface area contributed by atoms with Gasteiger partial charge in [-0.3, -0.25) is 0 Å². The van der Waals surface area contributed by atoms with Crippen LogP contribution in [0.5, 0.6) is 0 Å². The van der Waals surface area contributed by atoms with Gasteiger partial charge in [0, 0.05) is 12.1 Å². The van der Waals surface area contributed by atoms with Gasteiger partial charge in [-0.2, -0.15) is 0 Å². The van der Waals surface area contributed by atoms with E-state index >= 15 is 0 Å². The third kappa shape index (κ3) is 2.25. The molecule has 0 unspecified atom stereocenters. The number of hydrogen-bond acceptors (Lipinski definition) is 3. The molecule has 1 atom stereocenters. The average Bonchev–Trinajstić information content (AvgIpc) is 2.19. The van der Waals surface area contributed by atoms with Crippen molar-refractivity contribution in [2.75, 3.05) is 11.9 Å². The minimum absolute atomic E-state index is 0.356. The fourth-order valence-electron chi connectivity index (χ4n) is 1.34. The second-order valence-electron chi connectivity index (χ2n) is 3.41. The number of nitrogens with one attached hydrogen (secondary N) is 1. The van der Waals surface area contributed by atoms with Crippen molar-refractivity contribution in [1.29, 1.82) is 0 Å². The monoisotopic (exact) mass is 190 g/mol. The summed E-state index contributed by atoms with van der Waals surface area (Å²) in [4.78, 5) is 4.36. The number of nitrogens with zero attached hydrogens (tertiary/aromatic N) is 1. The standard InChI is InChI=1S/C11H14N2O/c1-9-7-8-14-11(12-9)13-10-5-3-2-4-6-10/h2-6,9H,7-8H2,1H3,(H,12,13)/t9-/m1/s1. The van der Waals surface area contributed by atoms with Crippen LogP contribution in [-0.4, -0.2) is 18.7 Å². The molecule has 1 aromatic carbocycles. The van der Waals surface area contributed by atoms with E-state index in [9.17, 15) is 0 Å². The van der Waals surface area contributed by atoms with Crippen molar-refractivity contribution in [2.45, 2.75) is 19.4 Å². The largest absolute Gasteiger partial charge is 0.465 e. The molecule has 1 aliphatic rings. The molecule has 0 bridgehead atoms. The van der Waals surface area contributed by atoms with Crippen LogP contribution in [0.15, 0.2) is 35.3 Å². The first-order chi connectivity index (χ1) is 6.84. The Morgan fingerprint density at radius 2 is 2.14 bits per heavy atom. The van der Waals surface area contributed by atoms with E-state index in [0.29, 0.717) is 12.1 Å². The van der Waals surface area contributed by atoms with Gasteiger partial charge in [-0.05, 0) is 19.1 Å². The summed E-state index contributed by atoms with van der Waals surface area (Å²) in [6.07, 6.45) is 1.000. The number of para-hydroxylation sites is 1. The quantitative estimate of drug-likeness (QED) is 0.737. The maximum Gasteiger partial charge on any atom is 0.289 e. The fourth-order valence-corrected chi connectivity index (χ4v) is 1.34. The van der Waals surface area contributed by atoms with E-state index in [0.717, 1.165) is 18.7 Å². The van der Waals surface area contributed by atoms with Gasteiger partial charge in [0.25, 0.3) is 6.02 Å². The molecule has 3 heteroatoms. The first kappa shape index (κ1) is 9.06. The highest BCUT2D eigenvalue weighted by Crippen LogP contribution is 2.10. The molecule has 0 fully saturated rings. The Hall–Kier alpha value is -1.51. The second kappa shape index (κ2) is 4.13. The summed E-state index contributed by atoms with van der Waals surface area (Å²) in [6, 6.07) is 10.9. The van der Waals surface area contributed by atoms with Crippen molar-refractivity contribution in [1.82, 2.24) is 0 Å². The van der Waals surface area contributed by atoms with E-state index in [-0.39, 0.29) is 0 Å². The minimum atomic E-state index is 0.356. The molecule has 14 heavy (non-hydrogen) atoms. The van der Waals surface area contributed by atoms with Crippen molar-refractivity contribution in [3.8, 4) is 0 Å². The van der Waals surface area contributed by atoms with Crippen LogP contribution in [0.4, 0.5) is 5.69 Å². The first-order valence-electron chi connectivity index (χ1n) is 4.87. The molecule has 1 aliphatic heterocycles. The smallest absolute Gasteiger partial charge is 0.289 e. The van der Waals surface area contributed by atoms with Gasteiger partial charge < -0.3 is 10.1 Å². The van der Waals surface area contributed by atoms with E-state index in [1.54, 1.807) is 0 Å². The highest BCUT2D eigenvalue weighted by Gasteiger charge is 2.11. The summed E-state index contributed by atoms with van der Waals surface area (Å²) in [5.74, 6) is 0. The predicted molar refractivity (Wildman–Crippen MR) is 57.5 cm³/mol. The van der Waals surface area contributed by atoms with Crippen LogP contribution in [0, 0.1) is 0 Å². The van der Waals surface area contributed by atoms with Gasteiger partial charge >= 0.3 is 0 Å². The zero-order chi connectivity index (χ0) is 9.80. The summed E-state index contributed by atoms with van der Waals surface area (Å²) < 4.78 is 5.39. The van der Waals surface area contributed by atoms with Gasteiger partial charge in [0.2, 0.25) is 0 Å². The van der Waals surface area contributed by atoms with Gasteiger partial charge in [0.1, 0.15) is 0 Å². The van der Waals surface area contributed by atoms with Gasteiger partial charge in [0.05, 0.1) is 12.6 Å². The number of aliphatic imine (C=N–C) groups is 1. The number of hydrogen-bond donors (Lipinski definition) is 1. The lowest BCUT2D eigenvalue weighted by molar-refractivity contribution is 0.263. The van der Waals surface area contributed by atoms with Crippen molar-refractivity contribution >= 4 is 11.7 Å². The van der Waals surface area contributed by atoms with Gasteiger partial charge in [-0.1, -0.05) is 18.2 Å². The Morgan fingerprint density at radius 1 is 1.36 bits per heavy atom. The average molecular weight is 190 g/mol. The third-order valence-corrected chi connectivity index (χ3v) is 2.14. The highest BCUT2D eigenvalue weighted by atomic mass is 16.5. The third-order valence-electron chi connectivity index (χ3n) is 2.14. The maximum atomic E-state index is 5.39. The maximum absolute atomic E-state index is 5.39. The molecule has 1 heterocycles. The Bertz CT molecular complexity index is 321. The Labute approximate surface area is 83.8 Å². The van der Waals surface area contributed by atoms with Crippen LogP contribution in [0.2, 0.25) is 0 Å². The molecule has 0 amide bonds. The lowest BCUT2D eigenvalue weighted by Gasteiger charge is -2.18. The van der Waals surface area contributed by atoms with E-state index in [4.69, 9.17) is 4.74 Å². The number of amidine groups is 1. The molecular weight excluding hydrogens is 176 g/mol. The molecule has 0 aromatic heterocycles. The summed E-state index contributed by atoms with van der Waals surface area (Å²) in [5, 5.41) is 3.14. The van der Waals surface area contributed by atoms with Crippen LogP contribution in [0.3, 0.4) is 0 Å². The molecule has 2 rings (SSSR count). The molecule has 0 aliphatic carbocycles. The Morgan fingerprint density at radius 3 is 2.86 bits per heavy atom. The number of rotatable bonds is 1. The van der Waals surface area contributed by atoms with Gasteiger partial charge in [-0.15, -0.1) is 0 Å². The van der Waals surface area contributed by atoms with E-state index in [1.807, 2.05) is 30.3 Å². The van der Waals surface area contributed by atoms with Crippen LogP contribution in [0.25, 0.3) is 0 Å². The summed E-state index contributed by atoms with van der Waals surface area (Å²) >= 11 is 0. The number of ether oxygens (including phenoxy) is 1. The molecular formula is C11H14N2O. The summed E-state index contributed by atoms with van der Waals surface area (Å²) in [6.45, 7) is 2.84. The fraction of sp³-hybridized carbons (Fsp3) is 0.364.